The van der Waals surface area contributed by atoms with Gasteiger partial charge in [0.1, 0.15) is 0 Å². The van der Waals surface area contributed by atoms with Crippen molar-refractivity contribution in [1.29, 1.82) is 0 Å². The van der Waals surface area contributed by atoms with Crippen molar-refractivity contribution in [3.05, 3.63) is 53.2 Å². The predicted molar refractivity (Wildman–Crippen MR) is 88.5 cm³/mol. The molecule has 1 aromatic heterocycles. The molecule has 0 bridgehead atoms. The maximum Gasteiger partial charge on any atom is 0.365 e. The lowest BCUT2D eigenvalue weighted by molar-refractivity contribution is -0.115. The minimum absolute atomic E-state index is 0.00379. The molecule has 130 valence electrons. The molecule has 0 fully saturated rings. The van der Waals surface area contributed by atoms with Crippen LogP contribution in [0.25, 0.3) is 0 Å². The zero-order chi connectivity index (χ0) is 18.4. The average molecular weight is 352 g/mol. The van der Waals surface area contributed by atoms with Crippen LogP contribution in [-0.4, -0.2) is 47.3 Å². The highest BCUT2D eigenvalue weighted by atomic mass is 16.7. The van der Waals surface area contributed by atoms with Gasteiger partial charge in [-0.1, -0.05) is 17.2 Å². The first-order valence-corrected chi connectivity index (χ1v) is 7.67. The first-order chi connectivity index (χ1) is 12.5. The second kappa shape index (κ2) is 5.66. The molecule has 0 unspecified atom stereocenters. The highest BCUT2D eigenvalue weighted by molar-refractivity contribution is 6.21. The molecule has 9 heteroatoms. The van der Waals surface area contributed by atoms with Crippen molar-refractivity contribution in [2.45, 2.75) is 0 Å². The van der Waals surface area contributed by atoms with E-state index in [0.717, 1.165) is 0 Å². The van der Waals surface area contributed by atoms with E-state index in [9.17, 15) is 19.2 Å². The zero-order valence-corrected chi connectivity index (χ0v) is 13.6. The maximum atomic E-state index is 12.4. The summed E-state index contributed by atoms with van der Waals surface area (Å²) in [7, 11) is 1.70. The lowest BCUT2D eigenvalue weighted by atomic mass is 10.1. The number of imide groups is 1. The van der Waals surface area contributed by atoms with Gasteiger partial charge in [-0.05, 0) is 18.2 Å². The second-order valence-corrected chi connectivity index (χ2v) is 5.83. The highest BCUT2D eigenvalue weighted by Crippen LogP contribution is 2.28. The number of fused-ring (bicyclic) bond motifs is 2. The molecule has 9 nitrogen and oxygen atoms in total. The van der Waals surface area contributed by atoms with E-state index in [-0.39, 0.29) is 29.1 Å². The van der Waals surface area contributed by atoms with E-state index in [4.69, 9.17) is 4.84 Å². The second-order valence-electron chi connectivity index (χ2n) is 5.83. The van der Waals surface area contributed by atoms with Gasteiger partial charge >= 0.3 is 5.97 Å². The van der Waals surface area contributed by atoms with Gasteiger partial charge in [-0.25, -0.2) is 9.78 Å². The van der Waals surface area contributed by atoms with E-state index in [2.05, 4.69) is 10.3 Å². The minimum Gasteiger partial charge on any atom is -0.349 e. The van der Waals surface area contributed by atoms with E-state index >= 15 is 0 Å². The Balaban J connectivity index is 1.58. The van der Waals surface area contributed by atoms with Gasteiger partial charge in [-0.15, -0.1) is 0 Å². The third-order valence-electron chi connectivity index (χ3n) is 4.05. The first kappa shape index (κ1) is 15.8. The molecule has 0 radical (unpaired) electrons. The van der Waals surface area contributed by atoms with Gasteiger partial charge in [0.15, 0.2) is 5.82 Å². The summed E-state index contributed by atoms with van der Waals surface area (Å²) in [6.07, 6.45) is 1.26. The Bertz CT molecular complexity index is 952. The number of nitrogens with zero attached hydrogens (tertiary/aromatic N) is 3. The van der Waals surface area contributed by atoms with Crippen LogP contribution < -0.4 is 10.2 Å². The fraction of sp³-hybridized carbons (Fsp3) is 0.118. The number of aromatic nitrogens is 1. The quantitative estimate of drug-likeness (QED) is 0.798. The number of amides is 3. The summed E-state index contributed by atoms with van der Waals surface area (Å²) in [6, 6.07) is 7.57. The molecule has 26 heavy (non-hydrogen) atoms. The molecule has 2 aromatic rings. The van der Waals surface area contributed by atoms with Crippen molar-refractivity contribution in [2.24, 2.45) is 0 Å². The van der Waals surface area contributed by atoms with E-state index < -0.39 is 17.8 Å². The number of carbonyl (C=O) groups excluding carboxylic acids is 4. The molecule has 1 aromatic carbocycles. The molecule has 2 aliphatic rings. The molecule has 4 rings (SSSR count). The van der Waals surface area contributed by atoms with Gasteiger partial charge in [0.2, 0.25) is 5.91 Å². The lowest BCUT2D eigenvalue weighted by Gasteiger charge is -2.26. The Morgan fingerprint density at radius 1 is 1.15 bits per heavy atom. The minimum atomic E-state index is -0.933. The first-order valence-electron chi connectivity index (χ1n) is 7.67. The SMILES string of the molecule is CN1CC(=O)Nc2cc(C(=O)ON3C(=O)c4ccccc4C3=O)cnc21. The number of hydrogen-bond acceptors (Lipinski definition) is 7. The summed E-state index contributed by atoms with van der Waals surface area (Å²) in [5.74, 6) is -2.09. The Morgan fingerprint density at radius 3 is 2.46 bits per heavy atom. The van der Waals surface area contributed by atoms with Crippen molar-refractivity contribution in [2.75, 3.05) is 23.8 Å². The normalized spacial score (nSPS) is 15.5. The molecule has 3 heterocycles. The molecule has 0 atom stereocenters. The molecule has 1 N–H and O–H groups in total. The lowest BCUT2D eigenvalue weighted by Crippen LogP contribution is -2.36. The van der Waals surface area contributed by atoms with Crippen LogP contribution in [-0.2, 0) is 9.63 Å². The number of rotatable bonds is 2. The van der Waals surface area contributed by atoms with Gasteiger partial charge in [-0.2, -0.15) is 0 Å². The topological polar surface area (TPSA) is 109 Å². The molecule has 3 amide bonds. The Kier molecular flexibility index (Phi) is 3.43. The van der Waals surface area contributed by atoms with Crippen LogP contribution in [0.15, 0.2) is 36.5 Å². The van der Waals surface area contributed by atoms with Crippen LogP contribution in [0.5, 0.6) is 0 Å². The zero-order valence-electron chi connectivity index (χ0n) is 13.6. The smallest absolute Gasteiger partial charge is 0.349 e. The molecule has 0 spiro atoms. The predicted octanol–water partition coefficient (Wildman–Crippen LogP) is 0.838. The summed E-state index contributed by atoms with van der Waals surface area (Å²) in [5.41, 5.74) is 0.682. The third-order valence-corrected chi connectivity index (χ3v) is 4.05. The van der Waals surface area contributed by atoms with Crippen molar-refractivity contribution in [3.8, 4) is 0 Å². The van der Waals surface area contributed by atoms with Gasteiger partial charge in [0.25, 0.3) is 11.8 Å². The van der Waals surface area contributed by atoms with Crippen LogP contribution in [0, 0.1) is 0 Å². The molecule has 0 aliphatic carbocycles. The third kappa shape index (κ3) is 2.37. The van der Waals surface area contributed by atoms with E-state index in [0.29, 0.717) is 16.6 Å². The summed E-state index contributed by atoms with van der Waals surface area (Å²) < 4.78 is 0. The van der Waals surface area contributed by atoms with Gasteiger partial charge in [0.05, 0.1) is 28.9 Å². The molecule has 0 saturated heterocycles. The number of pyridine rings is 1. The number of hydroxylamine groups is 2. The Hall–Kier alpha value is -3.75. The van der Waals surface area contributed by atoms with E-state index in [1.807, 2.05) is 0 Å². The summed E-state index contributed by atoms with van der Waals surface area (Å²) in [6.45, 7) is 0.152. The summed E-state index contributed by atoms with van der Waals surface area (Å²) >= 11 is 0. The largest absolute Gasteiger partial charge is 0.365 e. The number of anilines is 2. The number of nitrogens with one attached hydrogen (secondary N) is 1. The summed E-state index contributed by atoms with van der Waals surface area (Å²) in [4.78, 5) is 59.2. The standard InChI is InChI=1S/C17H12N4O5/c1-20-8-13(22)19-12-6-9(7-18-14(12)20)17(25)26-21-15(23)10-4-2-3-5-11(10)16(21)24/h2-7H,8H2,1H3,(H,19,22). The Morgan fingerprint density at radius 2 is 1.81 bits per heavy atom. The number of carbonyl (C=O) groups is 4. The molecule has 2 aliphatic heterocycles. The highest BCUT2D eigenvalue weighted by Gasteiger charge is 2.39. The van der Waals surface area contributed by atoms with Crippen molar-refractivity contribution < 1.29 is 24.0 Å². The average Bonchev–Trinajstić information content (AvgIpc) is 2.86. The molecule has 0 saturated carbocycles. The van der Waals surface area contributed by atoms with Crippen molar-refractivity contribution >= 4 is 35.2 Å². The fourth-order valence-electron chi connectivity index (χ4n) is 2.83. The number of hydrogen-bond donors (Lipinski definition) is 1. The van der Waals surface area contributed by atoms with Crippen LogP contribution >= 0.6 is 0 Å². The van der Waals surface area contributed by atoms with E-state index in [1.165, 1.54) is 24.4 Å². The number of benzene rings is 1. The van der Waals surface area contributed by atoms with Crippen LogP contribution in [0.2, 0.25) is 0 Å². The maximum absolute atomic E-state index is 12.4. The number of likely N-dealkylation sites (N-methyl/N-ethyl adjacent to an activating group) is 1. The van der Waals surface area contributed by atoms with Crippen LogP contribution in [0.1, 0.15) is 31.1 Å². The van der Waals surface area contributed by atoms with Gasteiger partial charge in [-0.3, -0.25) is 14.4 Å². The van der Waals surface area contributed by atoms with Crippen LogP contribution in [0.3, 0.4) is 0 Å². The molecular formula is C17H12N4O5. The fourth-order valence-corrected chi connectivity index (χ4v) is 2.83. The molecular weight excluding hydrogens is 340 g/mol. The van der Waals surface area contributed by atoms with Crippen LogP contribution in [0.4, 0.5) is 11.5 Å². The Labute approximate surface area is 147 Å². The monoisotopic (exact) mass is 352 g/mol. The van der Waals surface area contributed by atoms with Crippen molar-refractivity contribution in [3.63, 3.8) is 0 Å². The summed E-state index contributed by atoms with van der Waals surface area (Å²) in [5, 5.41) is 3.04. The van der Waals surface area contributed by atoms with Gasteiger partial charge < -0.3 is 15.1 Å². The van der Waals surface area contributed by atoms with E-state index in [1.54, 1.807) is 24.1 Å². The van der Waals surface area contributed by atoms with Crippen molar-refractivity contribution in [1.82, 2.24) is 10.0 Å². The van der Waals surface area contributed by atoms with Gasteiger partial charge in [0, 0.05) is 13.2 Å².